The summed E-state index contributed by atoms with van der Waals surface area (Å²) in [6, 6.07) is 14.8. The van der Waals surface area contributed by atoms with Crippen LogP contribution in [0.5, 0.6) is 0 Å². The van der Waals surface area contributed by atoms with E-state index >= 15 is 0 Å². The van der Waals surface area contributed by atoms with Gasteiger partial charge < -0.3 is 0 Å². The summed E-state index contributed by atoms with van der Waals surface area (Å²) in [5.41, 5.74) is 1.91. The van der Waals surface area contributed by atoms with Crippen LogP contribution in [0.1, 0.15) is 31.3 Å². The van der Waals surface area contributed by atoms with E-state index < -0.39 is 21.6 Å². The summed E-state index contributed by atoms with van der Waals surface area (Å²) in [5.74, 6) is -0.430. The SMILES string of the molecule is CC(C)(C)[S@@](=O)NC(=O)c1cccc(-c2ccccc2)n1. The maximum absolute atomic E-state index is 12.1. The van der Waals surface area contributed by atoms with Crippen molar-refractivity contribution in [3.63, 3.8) is 0 Å². The summed E-state index contributed by atoms with van der Waals surface area (Å²) in [6.07, 6.45) is 0. The fourth-order valence-corrected chi connectivity index (χ4v) is 2.20. The van der Waals surface area contributed by atoms with Crippen molar-refractivity contribution in [3.05, 3.63) is 54.2 Å². The first-order valence-corrected chi connectivity index (χ1v) is 7.78. The van der Waals surface area contributed by atoms with Gasteiger partial charge in [-0.25, -0.2) is 9.19 Å². The second-order valence-electron chi connectivity index (χ2n) is 5.59. The van der Waals surface area contributed by atoms with Crippen molar-refractivity contribution < 1.29 is 9.00 Å². The van der Waals surface area contributed by atoms with E-state index in [1.54, 1.807) is 32.9 Å². The molecule has 0 aliphatic carbocycles. The van der Waals surface area contributed by atoms with Gasteiger partial charge in [-0.05, 0) is 32.9 Å². The predicted molar refractivity (Wildman–Crippen MR) is 85.0 cm³/mol. The molecule has 0 aliphatic rings. The van der Waals surface area contributed by atoms with Crippen molar-refractivity contribution in [2.24, 2.45) is 0 Å². The first-order valence-electron chi connectivity index (χ1n) is 6.63. The van der Waals surface area contributed by atoms with E-state index in [2.05, 4.69) is 9.71 Å². The molecule has 0 radical (unpaired) electrons. The van der Waals surface area contributed by atoms with Crippen molar-refractivity contribution in [3.8, 4) is 11.3 Å². The van der Waals surface area contributed by atoms with Crippen molar-refractivity contribution in [1.29, 1.82) is 0 Å². The first-order chi connectivity index (χ1) is 9.88. The lowest BCUT2D eigenvalue weighted by Gasteiger charge is -2.17. The zero-order valence-corrected chi connectivity index (χ0v) is 13.1. The van der Waals surface area contributed by atoms with Crippen LogP contribution in [-0.2, 0) is 11.0 Å². The number of amides is 1. The predicted octanol–water partition coefficient (Wildman–Crippen LogP) is 2.94. The molecule has 0 saturated carbocycles. The molecular formula is C16H18N2O2S. The Bertz CT molecular complexity index is 663. The van der Waals surface area contributed by atoms with Gasteiger partial charge >= 0.3 is 0 Å². The highest BCUT2D eigenvalue weighted by atomic mass is 32.2. The van der Waals surface area contributed by atoms with Crippen LogP contribution in [0.25, 0.3) is 11.3 Å². The maximum atomic E-state index is 12.1. The van der Waals surface area contributed by atoms with Crippen molar-refractivity contribution in [1.82, 2.24) is 9.71 Å². The summed E-state index contributed by atoms with van der Waals surface area (Å²) < 4.78 is 13.9. The fourth-order valence-electron chi connectivity index (χ4n) is 1.62. The molecule has 1 aromatic carbocycles. The highest BCUT2D eigenvalue weighted by Gasteiger charge is 2.22. The number of carbonyl (C=O) groups is 1. The highest BCUT2D eigenvalue weighted by Crippen LogP contribution is 2.16. The molecule has 2 aromatic rings. The van der Waals surface area contributed by atoms with Gasteiger partial charge in [0.25, 0.3) is 5.91 Å². The van der Waals surface area contributed by atoms with Crippen LogP contribution in [0.3, 0.4) is 0 Å². The molecule has 0 unspecified atom stereocenters. The van der Waals surface area contributed by atoms with Crippen LogP contribution in [0.4, 0.5) is 0 Å². The molecule has 1 N–H and O–H groups in total. The number of nitrogens with zero attached hydrogens (tertiary/aromatic N) is 1. The average molecular weight is 302 g/mol. The maximum Gasteiger partial charge on any atom is 0.281 e. The Balaban J connectivity index is 2.22. The van der Waals surface area contributed by atoms with Gasteiger partial charge in [0.1, 0.15) is 16.7 Å². The quantitative estimate of drug-likeness (QED) is 0.948. The topological polar surface area (TPSA) is 59.1 Å². The van der Waals surface area contributed by atoms with Crippen LogP contribution in [-0.4, -0.2) is 19.8 Å². The Morgan fingerprint density at radius 2 is 1.71 bits per heavy atom. The Hall–Kier alpha value is -2.01. The summed E-state index contributed by atoms with van der Waals surface area (Å²) >= 11 is 0. The second-order valence-corrected chi connectivity index (χ2v) is 7.55. The van der Waals surface area contributed by atoms with Crippen LogP contribution in [0.15, 0.2) is 48.5 Å². The molecule has 1 atom stereocenters. The van der Waals surface area contributed by atoms with E-state index in [1.807, 2.05) is 36.4 Å². The summed E-state index contributed by atoms with van der Waals surface area (Å²) in [5, 5.41) is 0. The Morgan fingerprint density at radius 3 is 2.33 bits per heavy atom. The van der Waals surface area contributed by atoms with Crippen LogP contribution >= 0.6 is 0 Å². The molecular weight excluding hydrogens is 284 g/mol. The van der Waals surface area contributed by atoms with Gasteiger partial charge in [0.05, 0.1) is 10.4 Å². The van der Waals surface area contributed by atoms with E-state index in [4.69, 9.17) is 0 Å². The standard InChI is InChI=1S/C16H18N2O2S/c1-16(2,3)21(20)18-15(19)14-11-7-10-13(17-14)12-8-5-4-6-9-12/h4-11H,1-3H3,(H,18,19)/t21-/m1/s1. The van der Waals surface area contributed by atoms with Crippen LogP contribution in [0, 0.1) is 0 Å². The molecule has 2 rings (SSSR count). The van der Waals surface area contributed by atoms with E-state index in [0.717, 1.165) is 5.56 Å². The van der Waals surface area contributed by atoms with Crippen molar-refractivity contribution >= 4 is 16.9 Å². The number of aromatic nitrogens is 1. The zero-order valence-electron chi connectivity index (χ0n) is 12.3. The van der Waals surface area contributed by atoms with Crippen LogP contribution < -0.4 is 4.72 Å². The fraction of sp³-hybridized carbons (Fsp3) is 0.250. The van der Waals surface area contributed by atoms with E-state index in [0.29, 0.717) is 5.69 Å². The molecule has 1 aromatic heterocycles. The molecule has 0 spiro atoms. The molecule has 0 bridgehead atoms. The number of hydrogen-bond acceptors (Lipinski definition) is 3. The molecule has 21 heavy (non-hydrogen) atoms. The monoisotopic (exact) mass is 302 g/mol. The third-order valence-electron chi connectivity index (χ3n) is 2.79. The Labute approximate surface area is 127 Å². The zero-order chi connectivity index (χ0) is 15.5. The molecule has 0 saturated heterocycles. The second kappa shape index (κ2) is 6.18. The largest absolute Gasteiger partial charge is 0.281 e. The molecule has 4 nitrogen and oxygen atoms in total. The van der Waals surface area contributed by atoms with Gasteiger partial charge in [-0.1, -0.05) is 36.4 Å². The molecule has 5 heteroatoms. The number of pyridine rings is 1. The van der Waals surface area contributed by atoms with Gasteiger partial charge in [-0.3, -0.25) is 9.52 Å². The van der Waals surface area contributed by atoms with Crippen molar-refractivity contribution in [2.75, 3.05) is 0 Å². The van der Waals surface area contributed by atoms with Gasteiger partial charge in [-0.2, -0.15) is 0 Å². The lowest BCUT2D eigenvalue weighted by molar-refractivity contribution is 0.0977. The highest BCUT2D eigenvalue weighted by molar-refractivity contribution is 7.85. The first kappa shape index (κ1) is 15.4. The molecule has 1 amide bonds. The molecule has 0 aliphatic heterocycles. The normalized spacial score (nSPS) is 12.7. The summed E-state index contributed by atoms with van der Waals surface area (Å²) in [7, 11) is -1.46. The van der Waals surface area contributed by atoms with Crippen molar-refractivity contribution in [2.45, 2.75) is 25.5 Å². The molecule has 1 heterocycles. The molecule has 0 fully saturated rings. The number of benzene rings is 1. The third-order valence-corrected chi connectivity index (χ3v) is 4.28. The Morgan fingerprint density at radius 1 is 1.05 bits per heavy atom. The van der Waals surface area contributed by atoms with Gasteiger partial charge in [0, 0.05) is 5.56 Å². The smallest absolute Gasteiger partial charge is 0.269 e. The Kier molecular flexibility index (Phi) is 4.53. The summed E-state index contributed by atoms with van der Waals surface area (Å²) in [6.45, 7) is 5.41. The lowest BCUT2D eigenvalue weighted by atomic mass is 10.1. The minimum atomic E-state index is -1.46. The minimum Gasteiger partial charge on any atom is -0.269 e. The number of hydrogen-bond donors (Lipinski definition) is 1. The van der Waals surface area contributed by atoms with E-state index in [1.165, 1.54) is 0 Å². The number of rotatable bonds is 3. The summed E-state index contributed by atoms with van der Waals surface area (Å²) in [4.78, 5) is 16.5. The third kappa shape index (κ3) is 3.98. The number of carbonyl (C=O) groups excluding carboxylic acids is 1. The number of nitrogens with one attached hydrogen (secondary N) is 1. The van der Waals surface area contributed by atoms with E-state index in [9.17, 15) is 9.00 Å². The van der Waals surface area contributed by atoms with Gasteiger partial charge in [0.15, 0.2) is 0 Å². The average Bonchev–Trinajstić information content (AvgIpc) is 2.47. The lowest BCUT2D eigenvalue weighted by Crippen LogP contribution is -2.37. The van der Waals surface area contributed by atoms with Gasteiger partial charge in [0.2, 0.25) is 0 Å². The minimum absolute atomic E-state index is 0.258. The van der Waals surface area contributed by atoms with E-state index in [-0.39, 0.29) is 5.69 Å². The van der Waals surface area contributed by atoms with Crippen LogP contribution in [0.2, 0.25) is 0 Å². The molecule has 110 valence electrons. The van der Waals surface area contributed by atoms with Gasteiger partial charge in [-0.15, -0.1) is 0 Å².